The van der Waals surface area contributed by atoms with Gasteiger partial charge >= 0.3 is 5.97 Å². The van der Waals surface area contributed by atoms with E-state index in [4.69, 9.17) is 4.74 Å². The van der Waals surface area contributed by atoms with Crippen molar-refractivity contribution < 1.29 is 14.3 Å². The van der Waals surface area contributed by atoms with Gasteiger partial charge in [0.2, 0.25) is 0 Å². The molecule has 0 aliphatic heterocycles. The Morgan fingerprint density at radius 1 is 1.04 bits per heavy atom. The Hall–Kier alpha value is -1.89. The summed E-state index contributed by atoms with van der Waals surface area (Å²) in [5.41, 5.74) is 1.50. The molecule has 0 atom stereocenters. The van der Waals surface area contributed by atoms with Crippen LogP contribution in [0.4, 0.5) is 0 Å². The molecule has 0 saturated heterocycles. The molecule has 0 aromatic heterocycles. The van der Waals surface area contributed by atoms with Gasteiger partial charge < -0.3 is 9.64 Å². The lowest BCUT2D eigenvalue weighted by Crippen LogP contribution is -2.34. The van der Waals surface area contributed by atoms with Crippen LogP contribution in [-0.2, 0) is 16.1 Å². The third-order valence-corrected chi connectivity index (χ3v) is 4.08. The van der Waals surface area contributed by atoms with Gasteiger partial charge in [-0.1, -0.05) is 30.3 Å². The van der Waals surface area contributed by atoms with Gasteiger partial charge in [0.05, 0.1) is 5.56 Å². The average molecular weight is 423 g/mol. The van der Waals surface area contributed by atoms with Crippen molar-refractivity contribution >= 4 is 34.5 Å². The fraction of sp³-hybridized carbons (Fsp3) is 0.222. The van der Waals surface area contributed by atoms with Gasteiger partial charge in [-0.15, -0.1) is 0 Å². The van der Waals surface area contributed by atoms with Crippen LogP contribution in [0.25, 0.3) is 0 Å². The first-order chi connectivity index (χ1) is 11.1. The maximum absolute atomic E-state index is 12.2. The topological polar surface area (TPSA) is 46.6 Å². The van der Waals surface area contributed by atoms with Crippen molar-refractivity contribution in [2.24, 2.45) is 0 Å². The number of ether oxygens (including phenoxy) is 1. The largest absolute Gasteiger partial charge is 0.452 e. The normalized spacial score (nSPS) is 10.2. The molecule has 4 nitrogen and oxygen atoms in total. The molecular formula is C18H18INO3. The molecule has 5 heteroatoms. The van der Waals surface area contributed by atoms with E-state index in [1.54, 1.807) is 17.0 Å². The van der Waals surface area contributed by atoms with Crippen LogP contribution in [-0.4, -0.2) is 29.9 Å². The number of benzene rings is 2. The van der Waals surface area contributed by atoms with Crippen LogP contribution in [0.5, 0.6) is 0 Å². The number of amides is 1. The van der Waals surface area contributed by atoms with Crippen LogP contribution in [0.2, 0.25) is 0 Å². The van der Waals surface area contributed by atoms with Crippen LogP contribution in [0.1, 0.15) is 22.8 Å². The Kier molecular flexibility index (Phi) is 6.58. The zero-order chi connectivity index (χ0) is 16.7. The van der Waals surface area contributed by atoms with E-state index in [1.165, 1.54) is 0 Å². The van der Waals surface area contributed by atoms with Crippen LogP contribution >= 0.6 is 22.6 Å². The third kappa shape index (κ3) is 5.35. The summed E-state index contributed by atoms with van der Waals surface area (Å²) in [5.74, 6) is -0.680. The van der Waals surface area contributed by atoms with Crippen molar-refractivity contribution in [3.63, 3.8) is 0 Å². The summed E-state index contributed by atoms with van der Waals surface area (Å²) in [7, 11) is 0. The number of carbonyl (C=O) groups is 2. The second-order valence-electron chi connectivity index (χ2n) is 4.98. The predicted molar refractivity (Wildman–Crippen MR) is 97.0 cm³/mol. The zero-order valence-electron chi connectivity index (χ0n) is 12.9. The SMILES string of the molecule is CCN(Cc1ccccc1)C(=O)COC(=O)c1ccc(I)cc1. The quantitative estimate of drug-likeness (QED) is 0.528. The standard InChI is InChI=1S/C18H18INO3/c1-2-20(12-14-6-4-3-5-7-14)17(21)13-23-18(22)15-8-10-16(19)11-9-15/h3-11H,2,12-13H2,1H3. The van der Waals surface area contributed by atoms with E-state index in [2.05, 4.69) is 22.6 Å². The number of nitrogens with zero attached hydrogens (tertiary/aromatic N) is 1. The number of esters is 1. The lowest BCUT2D eigenvalue weighted by Gasteiger charge is -2.20. The monoisotopic (exact) mass is 423 g/mol. The summed E-state index contributed by atoms with van der Waals surface area (Å²) in [6.07, 6.45) is 0. The first-order valence-corrected chi connectivity index (χ1v) is 8.42. The first-order valence-electron chi connectivity index (χ1n) is 7.34. The van der Waals surface area contributed by atoms with Gasteiger partial charge in [0.1, 0.15) is 0 Å². The van der Waals surface area contributed by atoms with Gasteiger partial charge in [-0.25, -0.2) is 4.79 Å². The third-order valence-electron chi connectivity index (χ3n) is 3.36. The van der Waals surface area contributed by atoms with Crippen molar-refractivity contribution in [2.45, 2.75) is 13.5 Å². The molecule has 0 fully saturated rings. The lowest BCUT2D eigenvalue weighted by atomic mass is 10.2. The zero-order valence-corrected chi connectivity index (χ0v) is 15.0. The first kappa shape index (κ1) is 17.5. The summed E-state index contributed by atoms with van der Waals surface area (Å²) >= 11 is 2.16. The summed E-state index contributed by atoms with van der Waals surface area (Å²) < 4.78 is 6.15. The van der Waals surface area contributed by atoms with E-state index < -0.39 is 5.97 Å². The molecule has 0 N–H and O–H groups in total. The summed E-state index contributed by atoms with van der Waals surface area (Å²) in [4.78, 5) is 25.8. The van der Waals surface area contributed by atoms with Gasteiger partial charge in [-0.3, -0.25) is 4.79 Å². The van der Waals surface area contributed by atoms with Crippen LogP contribution in [0.3, 0.4) is 0 Å². The van der Waals surface area contributed by atoms with E-state index in [1.807, 2.05) is 49.4 Å². The van der Waals surface area contributed by atoms with Gasteiger partial charge in [-0.2, -0.15) is 0 Å². The van der Waals surface area contributed by atoms with E-state index in [0.29, 0.717) is 18.7 Å². The molecule has 2 aromatic carbocycles. The molecule has 0 radical (unpaired) electrons. The molecule has 0 spiro atoms. The highest BCUT2D eigenvalue weighted by atomic mass is 127. The Morgan fingerprint density at radius 2 is 1.70 bits per heavy atom. The molecule has 0 aliphatic carbocycles. The molecule has 0 bridgehead atoms. The molecule has 0 saturated carbocycles. The van der Waals surface area contributed by atoms with Crippen molar-refractivity contribution in [1.82, 2.24) is 4.90 Å². The second kappa shape index (κ2) is 8.67. The summed E-state index contributed by atoms with van der Waals surface area (Å²) in [6, 6.07) is 16.8. The minimum Gasteiger partial charge on any atom is -0.452 e. The van der Waals surface area contributed by atoms with Crippen molar-refractivity contribution in [3.05, 3.63) is 69.3 Å². The molecule has 23 heavy (non-hydrogen) atoms. The minimum atomic E-state index is -0.481. The molecule has 0 unspecified atom stereocenters. The average Bonchev–Trinajstić information content (AvgIpc) is 2.58. The van der Waals surface area contributed by atoms with Crippen molar-refractivity contribution in [2.75, 3.05) is 13.2 Å². The number of likely N-dealkylation sites (N-methyl/N-ethyl adjacent to an activating group) is 1. The number of halogens is 1. The maximum atomic E-state index is 12.2. The van der Waals surface area contributed by atoms with Crippen LogP contribution < -0.4 is 0 Å². The summed E-state index contributed by atoms with van der Waals surface area (Å²) in [5, 5.41) is 0. The highest BCUT2D eigenvalue weighted by Gasteiger charge is 2.15. The van der Waals surface area contributed by atoms with E-state index in [9.17, 15) is 9.59 Å². The number of rotatable bonds is 6. The highest BCUT2D eigenvalue weighted by Crippen LogP contribution is 2.09. The van der Waals surface area contributed by atoms with E-state index >= 15 is 0 Å². The predicted octanol–water partition coefficient (Wildman–Crippen LogP) is 3.50. The van der Waals surface area contributed by atoms with Crippen molar-refractivity contribution in [3.8, 4) is 0 Å². The molecule has 1 amide bonds. The Bertz CT molecular complexity index is 656. The van der Waals surface area contributed by atoms with E-state index in [-0.39, 0.29) is 12.5 Å². The number of hydrogen-bond acceptors (Lipinski definition) is 3. The fourth-order valence-electron chi connectivity index (χ4n) is 2.07. The molecule has 2 aromatic rings. The Balaban J connectivity index is 1.89. The Labute approximate surface area is 149 Å². The van der Waals surface area contributed by atoms with Crippen LogP contribution in [0, 0.1) is 3.57 Å². The number of carbonyl (C=O) groups excluding carboxylic acids is 2. The van der Waals surface area contributed by atoms with Gasteiger partial charge in [0.25, 0.3) is 5.91 Å². The fourth-order valence-corrected chi connectivity index (χ4v) is 2.43. The number of hydrogen-bond donors (Lipinski definition) is 0. The van der Waals surface area contributed by atoms with Gasteiger partial charge in [0, 0.05) is 16.7 Å². The van der Waals surface area contributed by atoms with Crippen LogP contribution in [0.15, 0.2) is 54.6 Å². The lowest BCUT2D eigenvalue weighted by molar-refractivity contribution is -0.134. The molecule has 0 aliphatic rings. The second-order valence-corrected chi connectivity index (χ2v) is 6.22. The van der Waals surface area contributed by atoms with Crippen molar-refractivity contribution in [1.29, 1.82) is 0 Å². The van der Waals surface area contributed by atoms with E-state index in [0.717, 1.165) is 9.13 Å². The smallest absolute Gasteiger partial charge is 0.338 e. The molecule has 120 valence electrons. The molecule has 2 rings (SSSR count). The van der Waals surface area contributed by atoms with Gasteiger partial charge in [-0.05, 0) is 59.3 Å². The molecular weight excluding hydrogens is 405 g/mol. The Morgan fingerprint density at radius 3 is 2.30 bits per heavy atom. The molecule has 0 heterocycles. The summed E-state index contributed by atoms with van der Waals surface area (Å²) in [6.45, 7) is 2.74. The highest BCUT2D eigenvalue weighted by molar-refractivity contribution is 14.1. The maximum Gasteiger partial charge on any atom is 0.338 e. The minimum absolute atomic E-state index is 0.199. The van der Waals surface area contributed by atoms with Gasteiger partial charge in [0.15, 0.2) is 6.61 Å².